The lowest BCUT2D eigenvalue weighted by Gasteiger charge is -2.37. The summed E-state index contributed by atoms with van der Waals surface area (Å²) in [5, 5.41) is 3.28. The van der Waals surface area contributed by atoms with Gasteiger partial charge in [0.15, 0.2) is 5.96 Å². The summed E-state index contributed by atoms with van der Waals surface area (Å²) in [5.74, 6) is 1.30. The summed E-state index contributed by atoms with van der Waals surface area (Å²) in [7, 11) is -3.27. The molecular formula is C18H34N4O4S. The van der Waals surface area contributed by atoms with Crippen LogP contribution < -0.4 is 10.0 Å². The van der Waals surface area contributed by atoms with Crippen LogP contribution in [0, 0.1) is 5.92 Å². The van der Waals surface area contributed by atoms with E-state index < -0.39 is 10.0 Å². The fourth-order valence-corrected chi connectivity index (χ4v) is 4.67. The van der Waals surface area contributed by atoms with Gasteiger partial charge in [0.1, 0.15) is 6.10 Å². The van der Waals surface area contributed by atoms with Gasteiger partial charge >= 0.3 is 0 Å². The van der Waals surface area contributed by atoms with E-state index in [-0.39, 0.29) is 24.5 Å². The van der Waals surface area contributed by atoms with Crippen molar-refractivity contribution >= 4 is 16.0 Å². The molecule has 1 saturated carbocycles. The third-order valence-corrected chi connectivity index (χ3v) is 6.87. The SMILES string of the molecule is CCNC(=NCCS(=O)(=O)NCC1CCC1)N1CCOC(C2CCCO2)C1. The van der Waals surface area contributed by atoms with Crippen LogP contribution in [0.15, 0.2) is 4.99 Å². The van der Waals surface area contributed by atoms with E-state index in [1.807, 2.05) is 6.92 Å². The number of hydrogen-bond donors (Lipinski definition) is 2. The Morgan fingerprint density at radius 3 is 2.63 bits per heavy atom. The van der Waals surface area contributed by atoms with Crippen molar-refractivity contribution in [2.75, 3.05) is 51.7 Å². The second-order valence-corrected chi connectivity index (χ2v) is 9.53. The number of guanidine groups is 1. The normalized spacial score (nSPS) is 27.6. The van der Waals surface area contributed by atoms with Crippen LogP contribution >= 0.6 is 0 Å². The van der Waals surface area contributed by atoms with Crippen LogP contribution in [0.4, 0.5) is 0 Å². The summed E-state index contributed by atoms with van der Waals surface area (Å²) in [5.41, 5.74) is 0. The molecule has 9 heteroatoms. The minimum atomic E-state index is -3.27. The molecule has 0 amide bonds. The van der Waals surface area contributed by atoms with E-state index in [1.54, 1.807) is 0 Å². The van der Waals surface area contributed by atoms with Gasteiger partial charge in [0.05, 0.1) is 25.0 Å². The van der Waals surface area contributed by atoms with Crippen molar-refractivity contribution < 1.29 is 17.9 Å². The highest BCUT2D eigenvalue weighted by Crippen LogP contribution is 2.25. The molecule has 0 bridgehead atoms. The molecule has 3 rings (SSSR count). The second kappa shape index (κ2) is 10.0. The molecule has 3 aliphatic rings. The van der Waals surface area contributed by atoms with Crippen LogP contribution in [0.2, 0.25) is 0 Å². The standard InChI is InChI=1S/C18H34N4O4S/c1-2-19-18(20-8-12-27(23,24)21-13-15-5-3-6-15)22-9-11-26-17(14-22)16-7-4-10-25-16/h15-17,21H,2-14H2,1H3,(H,19,20). The van der Waals surface area contributed by atoms with Crippen molar-refractivity contribution in [2.24, 2.45) is 10.9 Å². The van der Waals surface area contributed by atoms with Gasteiger partial charge in [0.2, 0.25) is 10.0 Å². The van der Waals surface area contributed by atoms with Crippen LogP contribution in [0.25, 0.3) is 0 Å². The predicted octanol–water partition coefficient (Wildman–Crippen LogP) is 0.551. The molecule has 3 fully saturated rings. The number of nitrogens with one attached hydrogen (secondary N) is 2. The van der Waals surface area contributed by atoms with Crippen LogP contribution in [0.5, 0.6) is 0 Å². The van der Waals surface area contributed by atoms with Gasteiger partial charge < -0.3 is 19.7 Å². The smallest absolute Gasteiger partial charge is 0.213 e. The number of nitrogens with zero attached hydrogens (tertiary/aromatic N) is 2. The predicted molar refractivity (Wildman–Crippen MR) is 105 cm³/mol. The first kappa shape index (κ1) is 20.8. The van der Waals surface area contributed by atoms with Crippen LogP contribution in [0.3, 0.4) is 0 Å². The molecule has 2 aliphatic heterocycles. The first-order valence-corrected chi connectivity index (χ1v) is 12.0. The van der Waals surface area contributed by atoms with Gasteiger partial charge in [-0.05, 0) is 38.5 Å². The van der Waals surface area contributed by atoms with Crippen LogP contribution in [0.1, 0.15) is 39.0 Å². The van der Waals surface area contributed by atoms with Crippen LogP contribution in [-0.4, -0.2) is 83.2 Å². The highest BCUT2D eigenvalue weighted by Gasteiger charge is 2.32. The maximum atomic E-state index is 12.2. The molecular weight excluding hydrogens is 368 g/mol. The van der Waals surface area contributed by atoms with Gasteiger partial charge in [-0.2, -0.15) is 0 Å². The molecule has 2 atom stereocenters. The lowest BCUT2D eigenvalue weighted by molar-refractivity contribution is -0.0816. The number of ether oxygens (including phenoxy) is 2. The Bertz CT molecular complexity index is 588. The molecule has 0 aromatic rings. The first-order valence-electron chi connectivity index (χ1n) is 10.3. The zero-order valence-electron chi connectivity index (χ0n) is 16.4. The molecule has 0 radical (unpaired) electrons. The molecule has 2 heterocycles. The van der Waals surface area contributed by atoms with Crippen molar-refractivity contribution in [3.05, 3.63) is 0 Å². The quantitative estimate of drug-likeness (QED) is 0.455. The minimum Gasteiger partial charge on any atom is -0.375 e. The van der Waals surface area contributed by atoms with Gasteiger partial charge in [-0.1, -0.05) is 6.42 Å². The average molecular weight is 403 g/mol. The molecule has 27 heavy (non-hydrogen) atoms. The Hall–Kier alpha value is -0.900. The van der Waals surface area contributed by atoms with Gasteiger partial charge in [0, 0.05) is 32.8 Å². The Kier molecular flexibility index (Phi) is 7.75. The van der Waals surface area contributed by atoms with E-state index in [1.165, 1.54) is 6.42 Å². The molecule has 2 N–H and O–H groups in total. The number of morpholine rings is 1. The van der Waals surface area contributed by atoms with Crippen LogP contribution in [-0.2, 0) is 19.5 Å². The molecule has 0 spiro atoms. The molecule has 2 saturated heterocycles. The van der Waals surface area contributed by atoms with E-state index >= 15 is 0 Å². The third kappa shape index (κ3) is 6.30. The lowest BCUT2D eigenvalue weighted by atomic mass is 9.86. The third-order valence-electron chi connectivity index (χ3n) is 5.55. The molecule has 0 aromatic carbocycles. The van der Waals surface area contributed by atoms with E-state index in [0.29, 0.717) is 19.1 Å². The second-order valence-electron chi connectivity index (χ2n) is 7.61. The van der Waals surface area contributed by atoms with Gasteiger partial charge in [-0.15, -0.1) is 0 Å². The number of aliphatic imine (C=N–C) groups is 1. The largest absolute Gasteiger partial charge is 0.375 e. The van der Waals surface area contributed by atoms with E-state index in [2.05, 4.69) is 19.9 Å². The van der Waals surface area contributed by atoms with Gasteiger partial charge in [-0.25, -0.2) is 13.1 Å². The topological polar surface area (TPSA) is 92.3 Å². The van der Waals surface area contributed by atoms with Crippen molar-refractivity contribution in [2.45, 2.75) is 51.2 Å². The van der Waals surface area contributed by atoms with Crippen molar-refractivity contribution in [3.8, 4) is 0 Å². The fourth-order valence-electron chi connectivity index (χ4n) is 3.70. The zero-order valence-corrected chi connectivity index (χ0v) is 17.2. The highest BCUT2D eigenvalue weighted by atomic mass is 32.2. The maximum Gasteiger partial charge on any atom is 0.213 e. The summed E-state index contributed by atoms with van der Waals surface area (Å²) in [6.07, 6.45) is 5.82. The zero-order chi connectivity index (χ0) is 19.1. The van der Waals surface area contributed by atoms with Gasteiger partial charge in [0.25, 0.3) is 0 Å². The summed E-state index contributed by atoms with van der Waals surface area (Å²) < 4.78 is 38.7. The Morgan fingerprint density at radius 2 is 1.96 bits per heavy atom. The maximum absolute atomic E-state index is 12.2. The number of sulfonamides is 1. The minimum absolute atomic E-state index is 0.0219. The van der Waals surface area contributed by atoms with E-state index in [0.717, 1.165) is 57.9 Å². The van der Waals surface area contributed by atoms with E-state index in [9.17, 15) is 8.42 Å². The Labute approximate surface area is 163 Å². The monoisotopic (exact) mass is 402 g/mol. The molecule has 2 unspecified atom stereocenters. The van der Waals surface area contributed by atoms with Crippen molar-refractivity contribution in [3.63, 3.8) is 0 Å². The molecule has 1 aliphatic carbocycles. The Balaban J connectivity index is 1.50. The van der Waals surface area contributed by atoms with Crippen molar-refractivity contribution in [1.82, 2.24) is 14.9 Å². The summed E-state index contributed by atoms with van der Waals surface area (Å²) in [4.78, 5) is 6.72. The molecule has 8 nitrogen and oxygen atoms in total. The lowest BCUT2D eigenvalue weighted by Crippen LogP contribution is -2.53. The summed E-state index contributed by atoms with van der Waals surface area (Å²) in [6.45, 7) is 6.51. The number of rotatable bonds is 8. The highest BCUT2D eigenvalue weighted by molar-refractivity contribution is 7.89. The molecule has 156 valence electrons. The Morgan fingerprint density at radius 1 is 1.15 bits per heavy atom. The number of hydrogen-bond acceptors (Lipinski definition) is 5. The molecule has 0 aromatic heterocycles. The fraction of sp³-hybridized carbons (Fsp3) is 0.944. The van der Waals surface area contributed by atoms with Crippen molar-refractivity contribution in [1.29, 1.82) is 0 Å². The summed E-state index contributed by atoms with van der Waals surface area (Å²) in [6, 6.07) is 0. The first-order chi connectivity index (χ1) is 13.1. The van der Waals surface area contributed by atoms with E-state index in [4.69, 9.17) is 9.47 Å². The average Bonchev–Trinajstić information content (AvgIpc) is 3.14. The van der Waals surface area contributed by atoms with Gasteiger partial charge in [-0.3, -0.25) is 4.99 Å². The summed E-state index contributed by atoms with van der Waals surface area (Å²) >= 11 is 0.